The Kier molecular flexibility index (Phi) is 8.48. The highest BCUT2D eigenvalue weighted by Crippen LogP contribution is 2.19. The molecule has 0 heterocycles. The molecule has 0 saturated carbocycles. The molecule has 7 nitrogen and oxygen atoms in total. The number of thiocarbonyl (C=S) groups is 1. The Morgan fingerprint density at radius 2 is 1.29 bits per heavy atom. The molecule has 4 N–H and O–H groups in total. The average molecular weight is 475 g/mol. The highest BCUT2D eigenvalue weighted by Gasteiger charge is 2.11. The fraction of sp³-hybridized carbons (Fsp3) is 0.154. The van der Waals surface area contributed by atoms with Gasteiger partial charge in [-0.2, -0.15) is 0 Å². The number of carbonyl (C=O) groups is 3. The number of hydrogen-bond acceptors (Lipinski definition) is 4. The molecule has 3 amide bonds. The van der Waals surface area contributed by atoms with Crippen LogP contribution < -0.4 is 21.5 Å². The Bertz CT molecular complexity index is 1160. The van der Waals surface area contributed by atoms with E-state index in [-0.39, 0.29) is 16.9 Å². The van der Waals surface area contributed by atoms with Crippen LogP contribution in [0.1, 0.15) is 41.0 Å². The molecule has 0 spiro atoms. The number of hydrogen-bond donors (Lipinski definition) is 4. The van der Waals surface area contributed by atoms with Gasteiger partial charge in [-0.1, -0.05) is 56.3 Å². The SMILES string of the molecule is CC(C)CC(=O)Nc1ccc(C(=O)NNC(=S)NC(=O)c2ccc(-c3ccccc3)cc2)cc1. The highest BCUT2D eigenvalue weighted by molar-refractivity contribution is 7.80. The monoisotopic (exact) mass is 474 g/mol. The molecule has 3 aromatic carbocycles. The minimum Gasteiger partial charge on any atom is -0.326 e. The third-order valence-corrected chi connectivity index (χ3v) is 5.00. The van der Waals surface area contributed by atoms with Crippen LogP contribution in [0.15, 0.2) is 78.9 Å². The maximum atomic E-state index is 12.4. The number of carbonyl (C=O) groups excluding carboxylic acids is 3. The first-order chi connectivity index (χ1) is 16.3. The predicted molar refractivity (Wildman–Crippen MR) is 137 cm³/mol. The Balaban J connectivity index is 1.47. The lowest BCUT2D eigenvalue weighted by Gasteiger charge is -2.12. The molecule has 0 fully saturated rings. The van der Waals surface area contributed by atoms with Crippen LogP contribution in [-0.2, 0) is 4.79 Å². The third kappa shape index (κ3) is 7.25. The van der Waals surface area contributed by atoms with Gasteiger partial charge in [0, 0.05) is 23.2 Å². The Morgan fingerprint density at radius 3 is 1.91 bits per heavy atom. The zero-order valence-corrected chi connectivity index (χ0v) is 19.7. The lowest BCUT2D eigenvalue weighted by atomic mass is 10.0. The van der Waals surface area contributed by atoms with Crippen molar-refractivity contribution < 1.29 is 14.4 Å². The molecule has 34 heavy (non-hydrogen) atoms. The third-order valence-electron chi connectivity index (χ3n) is 4.80. The molecule has 0 radical (unpaired) electrons. The van der Waals surface area contributed by atoms with E-state index in [9.17, 15) is 14.4 Å². The second-order valence-corrected chi connectivity index (χ2v) is 8.44. The van der Waals surface area contributed by atoms with Crippen molar-refractivity contribution in [3.05, 3.63) is 90.0 Å². The molecule has 0 bridgehead atoms. The van der Waals surface area contributed by atoms with E-state index in [0.717, 1.165) is 11.1 Å². The molecular formula is C26H26N4O3S. The normalized spacial score (nSPS) is 10.3. The summed E-state index contributed by atoms with van der Waals surface area (Å²) < 4.78 is 0. The molecule has 0 aliphatic rings. The van der Waals surface area contributed by atoms with Gasteiger partial charge in [0.2, 0.25) is 5.91 Å². The van der Waals surface area contributed by atoms with E-state index in [1.165, 1.54) is 0 Å². The number of benzene rings is 3. The summed E-state index contributed by atoms with van der Waals surface area (Å²) in [6.07, 6.45) is 0.423. The summed E-state index contributed by atoms with van der Waals surface area (Å²) in [5.41, 5.74) is 8.41. The van der Waals surface area contributed by atoms with Gasteiger partial charge >= 0.3 is 0 Å². The van der Waals surface area contributed by atoms with Gasteiger partial charge < -0.3 is 5.32 Å². The molecule has 3 rings (SSSR count). The minimum absolute atomic E-state index is 0.0388. The first-order valence-electron chi connectivity index (χ1n) is 10.8. The topological polar surface area (TPSA) is 99.3 Å². The Morgan fingerprint density at radius 1 is 0.735 bits per heavy atom. The maximum Gasteiger partial charge on any atom is 0.269 e. The average Bonchev–Trinajstić information content (AvgIpc) is 2.83. The lowest BCUT2D eigenvalue weighted by Crippen LogP contribution is -2.48. The van der Waals surface area contributed by atoms with Crippen LogP contribution in [0.4, 0.5) is 5.69 Å². The van der Waals surface area contributed by atoms with Gasteiger partial charge in [-0.15, -0.1) is 0 Å². The van der Waals surface area contributed by atoms with E-state index in [0.29, 0.717) is 23.2 Å². The van der Waals surface area contributed by atoms with Crippen molar-refractivity contribution in [2.45, 2.75) is 20.3 Å². The van der Waals surface area contributed by atoms with Crippen LogP contribution in [0.2, 0.25) is 0 Å². The summed E-state index contributed by atoms with van der Waals surface area (Å²) >= 11 is 5.10. The van der Waals surface area contributed by atoms with Crippen LogP contribution in [0.3, 0.4) is 0 Å². The van der Waals surface area contributed by atoms with E-state index in [4.69, 9.17) is 12.2 Å². The molecule has 8 heteroatoms. The number of anilines is 1. The number of amides is 3. The Hall–Kier alpha value is -4.04. The van der Waals surface area contributed by atoms with E-state index in [1.807, 2.05) is 56.3 Å². The van der Waals surface area contributed by atoms with Gasteiger partial charge in [0.05, 0.1) is 0 Å². The quantitative estimate of drug-likeness (QED) is 0.316. The standard InChI is InChI=1S/C26H26N4O3S/c1-17(2)16-23(31)27-22-14-12-21(13-15-22)25(33)29-30-26(34)28-24(32)20-10-8-19(9-11-20)18-6-4-3-5-7-18/h3-15,17H,16H2,1-2H3,(H,27,31)(H,29,33)(H2,28,30,32,34). The molecule has 0 aliphatic heterocycles. The van der Waals surface area contributed by atoms with Crippen LogP contribution in [-0.4, -0.2) is 22.8 Å². The van der Waals surface area contributed by atoms with Gasteiger partial charge in [-0.3, -0.25) is 30.6 Å². The van der Waals surface area contributed by atoms with Gasteiger partial charge in [0.1, 0.15) is 0 Å². The first-order valence-corrected chi connectivity index (χ1v) is 11.2. The zero-order valence-electron chi connectivity index (χ0n) is 18.9. The van der Waals surface area contributed by atoms with Gasteiger partial charge in [0.15, 0.2) is 5.11 Å². The number of nitrogens with one attached hydrogen (secondary N) is 4. The molecule has 0 atom stereocenters. The van der Waals surface area contributed by atoms with Gasteiger partial charge in [-0.25, -0.2) is 0 Å². The minimum atomic E-state index is -0.441. The summed E-state index contributed by atoms with van der Waals surface area (Å²) in [6.45, 7) is 3.93. The summed E-state index contributed by atoms with van der Waals surface area (Å²) in [7, 11) is 0. The summed E-state index contributed by atoms with van der Waals surface area (Å²) in [5, 5.41) is 5.27. The smallest absolute Gasteiger partial charge is 0.269 e. The van der Waals surface area contributed by atoms with Crippen molar-refractivity contribution in [2.75, 3.05) is 5.32 Å². The van der Waals surface area contributed by atoms with Crippen molar-refractivity contribution in [3.63, 3.8) is 0 Å². The fourth-order valence-corrected chi connectivity index (χ4v) is 3.27. The van der Waals surface area contributed by atoms with E-state index < -0.39 is 11.8 Å². The molecule has 0 aliphatic carbocycles. The van der Waals surface area contributed by atoms with Crippen LogP contribution in [0.5, 0.6) is 0 Å². The van der Waals surface area contributed by atoms with Gasteiger partial charge in [0.25, 0.3) is 11.8 Å². The van der Waals surface area contributed by atoms with E-state index >= 15 is 0 Å². The maximum absolute atomic E-state index is 12.4. The lowest BCUT2D eigenvalue weighted by molar-refractivity contribution is -0.116. The summed E-state index contributed by atoms with van der Waals surface area (Å²) in [4.78, 5) is 36.6. The van der Waals surface area contributed by atoms with E-state index in [2.05, 4.69) is 21.5 Å². The second-order valence-electron chi connectivity index (χ2n) is 8.03. The molecule has 0 saturated heterocycles. The van der Waals surface area contributed by atoms with Crippen molar-refractivity contribution in [1.82, 2.24) is 16.2 Å². The predicted octanol–water partition coefficient (Wildman–Crippen LogP) is 4.29. The van der Waals surface area contributed by atoms with Crippen LogP contribution >= 0.6 is 12.2 Å². The van der Waals surface area contributed by atoms with Crippen LogP contribution in [0.25, 0.3) is 11.1 Å². The van der Waals surface area contributed by atoms with E-state index in [1.54, 1.807) is 36.4 Å². The molecule has 3 aromatic rings. The first kappa shape index (κ1) is 24.6. The molecule has 0 unspecified atom stereocenters. The fourth-order valence-electron chi connectivity index (χ4n) is 3.12. The van der Waals surface area contributed by atoms with Gasteiger partial charge in [-0.05, 0) is 65.7 Å². The van der Waals surface area contributed by atoms with Crippen LogP contribution in [0, 0.1) is 5.92 Å². The molecular weight excluding hydrogens is 448 g/mol. The Labute approximate surface area is 203 Å². The number of rotatable bonds is 6. The molecule has 0 aromatic heterocycles. The zero-order chi connectivity index (χ0) is 24.5. The summed E-state index contributed by atoms with van der Waals surface area (Å²) in [5.74, 6) is -0.657. The molecule has 174 valence electrons. The second kappa shape index (κ2) is 11.7. The largest absolute Gasteiger partial charge is 0.326 e. The van der Waals surface area contributed by atoms with Crippen molar-refractivity contribution in [2.24, 2.45) is 5.92 Å². The number of hydrazine groups is 1. The van der Waals surface area contributed by atoms with Crippen molar-refractivity contribution >= 4 is 40.7 Å². The highest BCUT2D eigenvalue weighted by atomic mass is 32.1. The van der Waals surface area contributed by atoms with Crippen molar-refractivity contribution in [1.29, 1.82) is 0 Å². The summed E-state index contributed by atoms with van der Waals surface area (Å²) in [6, 6.07) is 23.4. The van der Waals surface area contributed by atoms with Crippen molar-refractivity contribution in [3.8, 4) is 11.1 Å².